The first-order chi connectivity index (χ1) is 16.5. The van der Waals surface area contributed by atoms with Crippen molar-refractivity contribution in [2.24, 2.45) is 5.92 Å². The van der Waals surface area contributed by atoms with Crippen LogP contribution in [0.3, 0.4) is 0 Å². The molecule has 7 rings (SSSR count). The Morgan fingerprint density at radius 1 is 1.24 bits per heavy atom. The Morgan fingerprint density at radius 2 is 2.12 bits per heavy atom. The second-order valence-electron chi connectivity index (χ2n) is 10.7. The number of nitrogens with zero attached hydrogens (tertiary/aromatic N) is 1. The van der Waals surface area contributed by atoms with Gasteiger partial charge in [-0.3, -0.25) is 9.69 Å². The number of rotatable bonds is 5. The molecule has 2 bridgehead atoms. The fraction of sp³-hybridized carbons (Fsp3) is 0.519. The quantitative estimate of drug-likeness (QED) is 0.630. The van der Waals surface area contributed by atoms with Crippen molar-refractivity contribution >= 4 is 23.0 Å². The number of furan rings is 1. The molecule has 3 fully saturated rings. The van der Waals surface area contributed by atoms with Crippen LogP contribution in [0.4, 0.5) is 0 Å². The van der Waals surface area contributed by atoms with E-state index >= 15 is 0 Å². The van der Waals surface area contributed by atoms with Gasteiger partial charge in [0.25, 0.3) is 0 Å². The molecule has 2 aromatic rings. The lowest BCUT2D eigenvalue weighted by molar-refractivity contribution is -0.184. The Bertz CT molecular complexity index is 1170. The van der Waals surface area contributed by atoms with Crippen LogP contribution in [-0.4, -0.2) is 56.3 Å². The van der Waals surface area contributed by atoms with Gasteiger partial charge >= 0.3 is 0 Å². The van der Waals surface area contributed by atoms with E-state index in [0.717, 1.165) is 43.0 Å². The fourth-order valence-electron chi connectivity index (χ4n) is 7.28. The van der Waals surface area contributed by atoms with Crippen molar-refractivity contribution < 1.29 is 24.2 Å². The molecular formula is C27H29NO5S. The standard InChI is InChI=1S/C27H29NO5S/c29-19-5-4-18-13-21-27(31)9-7-20(34-22(30)6-3-17-8-12-32-15-17)25-26(27,23(18)24(19)33-25)10-11-28(21)14-16-1-2-16/h3-6,8,12,15-16,20-21,25,29,31H,1-2,7,9-11,13-14H2/b6-3+/t20?,21-,25?,26+,27-/m1/s1. The van der Waals surface area contributed by atoms with Gasteiger partial charge in [-0.15, -0.1) is 0 Å². The van der Waals surface area contributed by atoms with E-state index in [1.54, 1.807) is 30.7 Å². The van der Waals surface area contributed by atoms with Crippen LogP contribution in [-0.2, 0) is 16.6 Å². The van der Waals surface area contributed by atoms with Gasteiger partial charge in [0.15, 0.2) is 11.5 Å². The Hall–Kier alpha value is -2.22. The van der Waals surface area contributed by atoms with Gasteiger partial charge in [0.05, 0.1) is 28.8 Å². The Kier molecular flexibility index (Phi) is 4.58. The van der Waals surface area contributed by atoms with Gasteiger partial charge in [-0.2, -0.15) is 0 Å². The van der Waals surface area contributed by atoms with Crippen molar-refractivity contribution in [1.29, 1.82) is 0 Å². The number of benzene rings is 1. The largest absolute Gasteiger partial charge is 0.504 e. The molecule has 2 saturated carbocycles. The minimum absolute atomic E-state index is 0.0319. The molecule has 5 atom stereocenters. The van der Waals surface area contributed by atoms with Crippen LogP contribution in [0.15, 0.2) is 41.2 Å². The lowest BCUT2D eigenvalue weighted by atomic mass is 9.49. The van der Waals surface area contributed by atoms with Crippen LogP contribution >= 0.6 is 11.8 Å². The van der Waals surface area contributed by atoms with E-state index in [0.29, 0.717) is 18.6 Å². The third-order valence-corrected chi connectivity index (χ3v) is 10.1. The molecule has 1 spiro atoms. The molecule has 1 aromatic carbocycles. The maximum atomic E-state index is 12.9. The summed E-state index contributed by atoms with van der Waals surface area (Å²) in [6, 6.07) is 5.62. The van der Waals surface area contributed by atoms with Crippen LogP contribution in [0.25, 0.3) is 6.08 Å². The number of aliphatic hydroxyl groups is 1. The van der Waals surface area contributed by atoms with E-state index in [1.807, 2.05) is 12.1 Å². The smallest absolute Gasteiger partial charge is 0.212 e. The molecular weight excluding hydrogens is 450 g/mol. The normalized spacial score (nSPS) is 35.9. The van der Waals surface area contributed by atoms with Crippen molar-refractivity contribution in [2.75, 3.05) is 13.1 Å². The molecule has 5 aliphatic rings. The summed E-state index contributed by atoms with van der Waals surface area (Å²) < 4.78 is 11.6. The average Bonchev–Trinajstić information content (AvgIpc) is 3.33. The highest BCUT2D eigenvalue weighted by Crippen LogP contribution is 2.66. The zero-order chi connectivity index (χ0) is 23.1. The second kappa shape index (κ2) is 7.39. The molecule has 2 N–H and O–H groups in total. The Labute approximate surface area is 203 Å². The van der Waals surface area contributed by atoms with Crippen molar-refractivity contribution in [3.8, 4) is 11.5 Å². The number of thioether (sulfide) groups is 1. The Morgan fingerprint density at radius 3 is 2.91 bits per heavy atom. The zero-order valence-corrected chi connectivity index (χ0v) is 19.8. The Balaban J connectivity index is 1.25. The van der Waals surface area contributed by atoms with Gasteiger partial charge < -0.3 is 19.4 Å². The SMILES string of the molecule is O=C(/C=C/c1ccoc1)SC1CC[C@@]2(O)[C@H]3Cc4ccc(O)c5c4[C@@]2(CCN3CC2CC2)C1O5. The lowest BCUT2D eigenvalue weighted by Gasteiger charge is -2.64. The molecule has 2 unspecified atom stereocenters. The van der Waals surface area contributed by atoms with E-state index in [9.17, 15) is 15.0 Å². The molecule has 1 saturated heterocycles. The van der Waals surface area contributed by atoms with Crippen molar-refractivity contribution in [2.45, 2.75) is 66.9 Å². The summed E-state index contributed by atoms with van der Waals surface area (Å²) >= 11 is 1.30. The highest BCUT2D eigenvalue weighted by atomic mass is 32.2. The predicted octanol–water partition coefficient (Wildman–Crippen LogP) is 3.89. The average molecular weight is 480 g/mol. The van der Waals surface area contributed by atoms with E-state index < -0.39 is 11.0 Å². The predicted molar refractivity (Wildman–Crippen MR) is 129 cm³/mol. The van der Waals surface area contributed by atoms with Crippen molar-refractivity contribution in [1.82, 2.24) is 4.90 Å². The number of carbonyl (C=O) groups excluding carboxylic acids is 1. The first kappa shape index (κ1) is 21.1. The van der Waals surface area contributed by atoms with Gasteiger partial charge in [0.1, 0.15) is 6.10 Å². The maximum absolute atomic E-state index is 12.9. The van der Waals surface area contributed by atoms with Crippen molar-refractivity contribution in [3.63, 3.8) is 0 Å². The number of hydrogen-bond acceptors (Lipinski definition) is 7. The highest BCUT2D eigenvalue weighted by molar-refractivity contribution is 8.14. The van der Waals surface area contributed by atoms with Gasteiger partial charge in [0, 0.05) is 23.7 Å². The third kappa shape index (κ3) is 2.87. The van der Waals surface area contributed by atoms with Gasteiger partial charge in [-0.1, -0.05) is 17.8 Å². The van der Waals surface area contributed by atoms with E-state index in [1.165, 1.54) is 30.2 Å². The van der Waals surface area contributed by atoms with Gasteiger partial charge in [0.2, 0.25) is 5.12 Å². The monoisotopic (exact) mass is 479 g/mol. The molecule has 178 valence electrons. The molecule has 3 heterocycles. The fourth-order valence-corrected chi connectivity index (χ4v) is 8.37. The number of phenolic OH excluding ortho intramolecular Hbond substituents is 1. The minimum Gasteiger partial charge on any atom is -0.504 e. The topological polar surface area (TPSA) is 83.1 Å². The molecule has 1 aromatic heterocycles. The minimum atomic E-state index is -0.913. The summed E-state index contributed by atoms with van der Waals surface area (Å²) in [4.78, 5) is 15.4. The number of likely N-dealkylation sites (tertiary alicyclic amines) is 1. The van der Waals surface area contributed by atoms with E-state index in [4.69, 9.17) is 9.15 Å². The third-order valence-electron chi connectivity index (χ3n) is 8.93. The van der Waals surface area contributed by atoms with Crippen LogP contribution in [0.2, 0.25) is 0 Å². The van der Waals surface area contributed by atoms with Crippen molar-refractivity contribution in [3.05, 3.63) is 53.5 Å². The van der Waals surface area contributed by atoms with Gasteiger partial charge in [-0.05, 0) is 80.8 Å². The molecule has 3 aliphatic carbocycles. The molecule has 2 aliphatic heterocycles. The summed E-state index contributed by atoms with van der Waals surface area (Å²) in [6.45, 7) is 1.98. The van der Waals surface area contributed by atoms with E-state index in [2.05, 4.69) is 4.90 Å². The number of phenols is 1. The van der Waals surface area contributed by atoms with Gasteiger partial charge in [-0.25, -0.2) is 0 Å². The number of piperidine rings is 1. The highest BCUT2D eigenvalue weighted by Gasteiger charge is 2.73. The van der Waals surface area contributed by atoms with E-state index in [-0.39, 0.29) is 28.3 Å². The summed E-state index contributed by atoms with van der Waals surface area (Å²) in [6.07, 6.45) is 11.7. The lowest BCUT2D eigenvalue weighted by Crippen LogP contribution is -2.77. The molecule has 6 nitrogen and oxygen atoms in total. The summed E-state index contributed by atoms with van der Waals surface area (Å²) in [5.41, 5.74) is 1.55. The zero-order valence-electron chi connectivity index (χ0n) is 19.0. The first-order valence-electron chi connectivity index (χ1n) is 12.4. The molecule has 0 radical (unpaired) electrons. The molecule has 0 amide bonds. The summed E-state index contributed by atoms with van der Waals surface area (Å²) in [7, 11) is 0. The maximum Gasteiger partial charge on any atom is 0.212 e. The molecule has 34 heavy (non-hydrogen) atoms. The number of carbonyl (C=O) groups is 1. The van der Waals surface area contributed by atoms with Crippen LogP contribution in [0, 0.1) is 5.92 Å². The first-order valence-corrected chi connectivity index (χ1v) is 13.3. The number of ether oxygens (including phenoxy) is 1. The summed E-state index contributed by atoms with van der Waals surface area (Å²) in [5, 5.41) is 23.1. The summed E-state index contributed by atoms with van der Waals surface area (Å²) in [5.74, 6) is 1.43. The molecule has 7 heteroatoms. The van der Waals surface area contributed by atoms with Crippen LogP contribution in [0.5, 0.6) is 11.5 Å². The number of hydrogen-bond donors (Lipinski definition) is 2. The van der Waals surface area contributed by atoms with Crippen LogP contribution < -0.4 is 4.74 Å². The van der Waals surface area contributed by atoms with Crippen LogP contribution in [0.1, 0.15) is 48.8 Å². The second-order valence-corrected chi connectivity index (χ2v) is 11.9. The number of aromatic hydroxyl groups is 1.